The van der Waals surface area contributed by atoms with Crippen molar-refractivity contribution in [3.63, 3.8) is 0 Å². The van der Waals surface area contributed by atoms with Crippen LogP contribution in [0.1, 0.15) is 43.8 Å². The molecule has 4 saturated carbocycles. The molecule has 5 rings (SSSR count). The summed E-state index contributed by atoms with van der Waals surface area (Å²) < 4.78 is 19.5. The highest BCUT2D eigenvalue weighted by Gasteiger charge is 2.50. The van der Waals surface area contributed by atoms with Gasteiger partial charge in [-0.25, -0.2) is 4.39 Å². The molecular weight excluding hydrogens is 267 g/mol. The Balaban J connectivity index is 1.64. The van der Waals surface area contributed by atoms with Crippen molar-refractivity contribution in [1.82, 2.24) is 0 Å². The van der Waals surface area contributed by atoms with Gasteiger partial charge in [0.15, 0.2) is 11.6 Å². The molecule has 21 heavy (non-hydrogen) atoms. The summed E-state index contributed by atoms with van der Waals surface area (Å²) in [5.41, 5.74) is 0.423. The molecule has 0 spiro atoms. The van der Waals surface area contributed by atoms with Crippen molar-refractivity contribution in [2.45, 2.75) is 38.2 Å². The van der Waals surface area contributed by atoms with Crippen molar-refractivity contribution in [3.05, 3.63) is 29.6 Å². The third-order valence-electron chi connectivity index (χ3n) is 6.20. The number of hydrogen-bond acceptors (Lipinski definition) is 2. The molecule has 0 aromatic heterocycles. The summed E-state index contributed by atoms with van der Waals surface area (Å²) in [6.45, 7) is 0. The standard InChI is InChI=1S/C18H23FO2/c1-21-15-4-2-3-14(17(15)19)18(20)16-12-6-10-5-11(8-12)9-13(16)7-10/h2-4,10-13,16,18,20H,5-9H2,1H3. The van der Waals surface area contributed by atoms with E-state index in [1.165, 1.54) is 39.2 Å². The van der Waals surface area contributed by atoms with Crippen LogP contribution in [0.5, 0.6) is 5.75 Å². The number of hydrogen-bond donors (Lipinski definition) is 1. The molecule has 1 N–H and O–H groups in total. The zero-order chi connectivity index (χ0) is 14.6. The lowest BCUT2D eigenvalue weighted by Gasteiger charge is -2.55. The second-order valence-corrected chi connectivity index (χ2v) is 7.32. The van der Waals surface area contributed by atoms with Gasteiger partial charge >= 0.3 is 0 Å². The van der Waals surface area contributed by atoms with Gasteiger partial charge in [-0.2, -0.15) is 0 Å². The Hall–Kier alpha value is -1.09. The maximum Gasteiger partial charge on any atom is 0.170 e. The molecule has 4 aliphatic rings. The Morgan fingerprint density at radius 1 is 1.10 bits per heavy atom. The molecule has 0 saturated heterocycles. The predicted octanol–water partition coefficient (Wildman–Crippen LogP) is 3.94. The number of aliphatic hydroxyl groups excluding tert-OH is 1. The molecule has 1 aromatic carbocycles. The van der Waals surface area contributed by atoms with Crippen LogP contribution in [0.25, 0.3) is 0 Å². The lowest BCUT2D eigenvalue weighted by Crippen LogP contribution is -2.47. The van der Waals surface area contributed by atoms with E-state index in [0.29, 0.717) is 17.4 Å². The molecule has 0 radical (unpaired) electrons. The summed E-state index contributed by atoms with van der Waals surface area (Å²) in [4.78, 5) is 0. The molecule has 1 aromatic rings. The smallest absolute Gasteiger partial charge is 0.170 e. The van der Waals surface area contributed by atoms with Gasteiger partial charge in [0.25, 0.3) is 0 Å². The number of halogens is 1. The molecule has 4 aliphatic carbocycles. The van der Waals surface area contributed by atoms with Crippen LogP contribution in [0.4, 0.5) is 4.39 Å². The molecule has 3 heteroatoms. The van der Waals surface area contributed by atoms with Crippen LogP contribution in [0.2, 0.25) is 0 Å². The molecule has 114 valence electrons. The maximum absolute atomic E-state index is 14.5. The van der Waals surface area contributed by atoms with Crippen LogP contribution >= 0.6 is 0 Å². The first-order chi connectivity index (χ1) is 10.2. The number of aliphatic hydroxyl groups is 1. The zero-order valence-corrected chi connectivity index (χ0v) is 12.5. The SMILES string of the molecule is COc1cccc(C(O)C2C3CC4CC(C3)CC2C4)c1F. The summed E-state index contributed by atoms with van der Waals surface area (Å²) in [6.07, 6.45) is 5.65. The van der Waals surface area contributed by atoms with Crippen molar-refractivity contribution in [3.8, 4) is 5.75 Å². The van der Waals surface area contributed by atoms with Gasteiger partial charge in [-0.15, -0.1) is 0 Å². The first-order valence-electron chi connectivity index (χ1n) is 8.17. The Kier molecular flexibility index (Phi) is 3.21. The number of methoxy groups -OCH3 is 1. The van der Waals surface area contributed by atoms with E-state index < -0.39 is 6.10 Å². The Morgan fingerprint density at radius 2 is 1.71 bits per heavy atom. The van der Waals surface area contributed by atoms with Crippen LogP contribution in [0.3, 0.4) is 0 Å². The van der Waals surface area contributed by atoms with Gasteiger partial charge in [-0.3, -0.25) is 0 Å². The van der Waals surface area contributed by atoms with E-state index in [0.717, 1.165) is 11.8 Å². The quantitative estimate of drug-likeness (QED) is 0.913. The number of ether oxygens (including phenoxy) is 1. The predicted molar refractivity (Wildman–Crippen MR) is 78.4 cm³/mol. The minimum absolute atomic E-state index is 0.232. The first kappa shape index (κ1) is 13.6. The Morgan fingerprint density at radius 3 is 2.29 bits per heavy atom. The van der Waals surface area contributed by atoms with Gasteiger partial charge in [0, 0.05) is 5.56 Å². The van der Waals surface area contributed by atoms with Crippen molar-refractivity contribution in [2.75, 3.05) is 7.11 Å². The molecule has 0 heterocycles. The van der Waals surface area contributed by atoms with Gasteiger partial charge in [0.05, 0.1) is 13.2 Å². The van der Waals surface area contributed by atoms with E-state index in [1.807, 2.05) is 0 Å². The summed E-state index contributed by atoms with van der Waals surface area (Å²) in [5.74, 6) is 2.98. The van der Waals surface area contributed by atoms with Crippen LogP contribution in [0.15, 0.2) is 18.2 Å². The van der Waals surface area contributed by atoms with Crippen molar-refractivity contribution in [2.24, 2.45) is 29.6 Å². The first-order valence-corrected chi connectivity index (χ1v) is 8.17. The topological polar surface area (TPSA) is 29.5 Å². The molecule has 1 unspecified atom stereocenters. The fourth-order valence-corrected chi connectivity index (χ4v) is 5.60. The molecule has 1 atom stereocenters. The molecule has 2 nitrogen and oxygen atoms in total. The fourth-order valence-electron chi connectivity index (χ4n) is 5.60. The highest BCUT2D eigenvalue weighted by atomic mass is 19.1. The van der Waals surface area contributed by atoms with Gasteiger partial charge in [-0.05, 0) is 67.8 Å². The second kappa shape index (κ2) is 4.98. The zero-order valence-electron chi connectivity index (χ0n) is 12.5. The largest absolute Gasteiger partial charge is 0.494 e. The normalized spacial score (nSPS) is 38.5. The van der Waals surface area contributed by atoms with Gasteiger partial charge < -0.3 is 9.84 Å². The van der Waals surface area contributed by atoms with Crippen molar-refractivity contribution in [1.29, 1.82) is 0 Å². The third-order valence-corrected chi connectivity index (χ3v) is 6.20. The van der Waals surface area contributed by atoms with E-state index >= 15 is 0 Å². The van der Waals surface area contributed by atoms with Gasteiger partial charge in [0.2, 0.25) is 0 Å². The molecule has 0 amide bonds. The van der Waals surface area contributed by atoms with Crippen molar-refractivity contribution >= 4 is 0 Å². The third kappa shape index (κ3) is 2.09. The number of rotatable bonds is 3. The van der Waals surface area contributed by atoms with Crippen LogP contribution in [-0.2, 0) is 0 Å². The van der Waals surface area contributed by atoms with E-state index in [9.17, 15) is 9.50 Å². The minimum Gasteiger partial charge on any atom is -0.494 e. The summed E-state index contributed by atoms with van der Waals surface area (Å²) in [5, 5.41) is 10.9. The molecule has 0 aliphatic heterocycles. The van der Waals surface area contributed by atoms with E-state index in [-0.39, 0.29) is 17.5 Å². The second-order valence-electron chi connectivity index (χ2n) is 7.32. The van der Waals surface area contributed by atoms with E-state index in [1.54, 1.807) is 18.2 Å². The van der Waals surface area contributed by atoms with Gasteiger partial charge in [-0.1, -0.05) is 12.1 Å². The minimum atomic E-state index is -0.685. The van der Waals surface area contributed by atoms with E-state index in [4.69, 9.17) is 4.74 Å². The number of benzene rings is 1. The van der Waals surface area contributed by atoms with Crippen LogP contribution < -0.4 is 4.74 Å². The molecular formula is C18H23FO2. The Bertz CT molecular complexity index is 514. The highest BCUT2D eigenvalue weighted by Crippen LogP contribution is 2.59. The average Bonchev–Trinajstić information content (AvgIpc) is 2.46. The van der Waals surface area contributed by atoms with Crippen molar-refractivity contribution < 1.29 is 14.2 Å². The van der Waals surface area contributed by atoms with Gasteiger partial charge in [0.1, 0.15) is 0 Å². The van der Waals surface area contributed by atoms with Crippen LogP contribution in [0, 0.1) is 35.4 Å². The monoisotopic (exact) mass is 290 g/mol. The highest BCUT2D eigenvalue weighted by molar-refractivity contribution is 5.33. The molecule has 4 bridgehead atoms. The Labute approximate surface area is 125 Å². The molecule has 4 fully saturated rings. The maximum atomic E-state index is 14.5. The fraction of sp³-hybridized carbons (Fsp3) is 0.667. The summed E-state index contributed by atoms with van der Waals surface area (Å²) in [7, 11) is 1.47. The lowest BCUT2D eigenvalue weighted by molar-refractivity contribution is -0.0916. The van der Waals surface area contributed by atoms with Crippen LogP contribution in [-0.4, -0.2) is 12.2 Å². The average molecular weight is 290 g/mol. The van der Waals surface area contributed by atoms with E-state index in [2.05, 4.69) is 0 Å². The lowest BCUT2D eigenvalue weighted by atomic mass is 9.50. The summed E-state index contributed by atoms with van der Waals surface area (Å²) in [6, 6.07) is 5.10. The summed E-state index contributed by atoms with van der Waals surface area (Å²) >= 11 is 0.